The molecule has 0 saturated heterocycles. The second kappa shape index (κ2) is 7.33. The first-order valence-corrected chi connectivity index (χ1v) is 8.41. The Bertz CT molecular complexity index is 1040. The fourth-order valence-electron chi connectivity index (χ4n) is 2.94. The zero-order valence-electron chi connectivity index (χ0n) is 15.0. The van der Waals surface area contributed by atoms with Crippen LogP contribution in [0.4, 0.5) is 11.4 Å². The number of carboxylic acid groups (broad SMARTS) is 1. The number of carboxylic acids is 1. The van der Waals surface area contributed by atoms with E-state index < -0.39 is 11.8 Å². The van der Waals surface area contributed by atoms with Crippen molar-refractivity contribution in [2.24, 2.45) is 0 Å². The average Bonchev–Trinajstić information content (AvgIpc) is 2.65. The lowest BCUT2D eigenvalue weighted by atomic mass is 9.97. The summed E-state index contributed by atoms with van der Waals surface area (Å²) in [5.74, 6) is -1.96. The highest BCUT2D eigenvalue weighted by atomic mass is 16.4. The van der Waals surface area contributed by atoms with E-state index in [0.717, 1.165) is 16.8 Å². The number of aromatic hydroxyl groups is 1. The molecule has 3 N–H and O–H groups in total. The minimum atomic E-state index is -1.19. The first kappa shape index (κ1) is 18.2. The largest absolute Gasteiger partial charge is 0.505 e. The van der Waals surface area contributed by atoms with Crippen molar-refractivity contribution >= 4 is 23.1 Å². The maximum atomic E-state index is 12.9. The molecular weight excluding hydrogens is 342 g/mol. The molecule has 0 aliphatic carbocycles. The number of hydrogen-bond donors (Lipinski definition) is 3. The Morgan fingerprint density at radius 3 is 2.15 bits per heavy atom. The third kappa shape index (κ3) is 3.67. The number of anilines is 2. The molecule has 3 rings (SSSR count). The van der Waals surface area contributed by atoms with Gasteiger partial charge in [0, 0.05) is 11.3 Å². The van der Waals surface area contributed by atoms with Gasteiger partial charge in [-0.1, -0.05) is 42.0 Å². The summed E-state index contributed by atoms with van der Waals surface area (Å²) in [5.41, 5.74) is 3.28. The van der Waals surface area contributed by atoms with Crippen molar-refractivity contribution < 1.29 is 19.8 Å². The SMILES string of the molecule is Cc1ccc(Nc2cccc(C(=O)c3ccccc3C(=O)O)c2O)c(C)c1. The van der Waals surface area contributed by atoms with Crippen LogP contribution in [0.5, 0.6) is 5.75 Å². The molecule has 0 atom stereocenters. The second-order valence-electron chi connectivity index (χ2n) is 6.32. The Labute approximate surface area is 156 Å². The van der Waals surface area contributed by atoms with E-state index >= 15 is 0 Å². The van der Waals surface area contributed by atoms with E-state index in [1.165, 1.54) is 18.2 Å². The van der Waals surface area contributed by atoms with E-state index in [1.807, 2.05) is 32.0 Å². The Kier molecular flexibility index (Phi) is 4.94. The molecule has 0 aliphatic heterocycles. The van der Waals surface area contributed by atoms with Crippen LogP contribution >= 0.6 is 0 Å². The Balaban J connectivity index is 2.00. The molecule has 0 unspecified atom stereocenters. The van der Waals surface area contributed by atoms with Gasteiger partial charge in [0.1, 0.15) is 5.75 Å². The lowest BCUT2D eigenvalue weighted by Gasteiger charge is -2.14. The van der Waals surface area contributed by atoms with E-state index in [9.17, 15) is 19.8 Å². The highest BCUT2D eigenvalue weighted by Gasteiger charge is 2.21. The summed E-state index contributed by atoms with van der Waals surface area (Å²) < 4.78 is 0. The maximum Gasteiger partial charge on any atom is 0.336 e. The fraction of sp³-hybridized carbons (Fsp3) is 0.0909. The lowest BCUT2D eigenvalue weighted by Crippen LogP contribution is -2.10. The van der Waals surface area contributed by atoms with Crippen molar-refractivity contribution in [3.63, 3.8) is 0 Å². The van der Waals surface area contributed by atoms with Crippen molar-refractivity contribution in [2.75, 3.05) is 5.32 Å². The minimum Gasteiger partial charge on any atom is -0.505 e. The summed E-state index contributed by atoms with van der Waals surface area (Å²) in [7, 11) is 0. The molecule has 27 heavy (non-hydrogen) atoms. The van der Waals surface area contributed by atoms with E-state index in [1.54, 1.807) is 24.3 Å². The molecule has 0 heterocycles. The molecule has 0 aliphatic rings. The number of carbonyl (C=O) groups is 2. The molecule has 5 heteroatoms. The summed E-state index contributed by atoms with van der Waals surface area (Å²) >= 11 is 0. The van der Waals surface area contributed by atoms with Crippen LogP contribution in [0.25, 0.3) is 0 Å². The molecule has 0 saturated carbocycles. The van der Waals surface area contributed by atoms with E-state index in [2.05, 4.69) is 5.32 Å². The van der Waals surface area contributed by atoms with Gasteiger partial charge in [-0.2, -0.15) is 0 Å². The second-order valence-corrected chi connectivity index (χ2v) is 6.32. The van der Waals surface area contributed by atoms with Crippen molar-refractivity contribution in [2.45, 2.75) is 13.8 Å². The van der Waals surface area contributed by atoms with Crippen molar-refractivity contribution in [1.82, 2.24) is 0 Å². The molecule has 0 radical (unpaired) electrons. The highest BCUT2D eigenvalue weighted by molar-refractivity contribution is 6.16. The predicted molar refractivity (Wildman–Crippen MR) is 104 cm³/mol. The van der Waals surface area contributed by atoms with Crippen LogP contribution in [0, 0.1) is 13.8 Å². The molecule has 0 bridgehead atoms. The summed E-state index contributed by atoms with van der Waals surface area (Å²) in [4.78, 5) is 24.2. The summed E-state index contributed by atoms with van der Waals surface area (Å²) in [6.07, 6.45) is 0. The molecule has 3 aromatic carbocycles. The van der Waals surface area contributed by atoms with Crippen LogP contribution in [0.2, 0.25) is 0 Å². The number of hydrogen-bond acceptors (Lipinski definition) is 4. The molecule has 0 amide bonds. The summed E-state index contributed by atoms with van der Waals surface area (Å²) in [5, 5.41) is 23.1. The van der Waals surface area contributed by atoms with Crippen molar-refractivity contribution in [3.8, 4) is 5.75 Å². The number of carbonyl (C=O) groups excluding carboxylic acids is 1. The Hall–Kier alpha value is -3.60. The van der Waals surface area contributed by atoms with Gasteiger partial charge in [0.2, 0.25) is 0 Å². The topological polar surface area (TPSA) is 86.6 Å². The molecule has 0 aromatic heterocycles. The predicted octanol–water partition coefficient (Wildman–Crippen LogP) is 4.68. The first-order chi connectivity index (χ1) is 12.9. The van der Waals surface area contributed by atoms with Crippen LogP contribution < -0.4 is 5.32 Å². The van der Waals surface area contributed by atoms with E-state index in [0.29, 0.717) is 5.69 Å². The lowest BCUT2D eigenvalue weighted by molar-refractivity contribution is 0.0692. The number of phenolic OH excluding ortho intramolecular Hbond substituents is 1. The van der Waals surface area contributed by atoms with Gasteiger partial charge in [-0.25, -0.2) is 4.79 Å². The number of nitrogens with one attached hydrogen (secondary N) is 1. The van der Waals surface area contributed by atoms with Crippen molar-refractivity contribution in [1.29, 1.82) is 0 Å². The fourth-order valence-corrected chi connectivity index (χ4v) is 2.94. The van der Waals surface area contributed by atoms with Crippen LogP contribution in [0.3, 0.4) is 0 Å². The number of aromatic carboxylic acids is 1. The van der Waals surface area contributed by atoms with Gasteiger partial charge in [0.25, 0.3) is 0 Å². The zero-order valence-corrected chi connectivity index (χ0v) is 15.0. The third-order valence-corrected chi connectivity index (χ3v) is 4.33. The normalized spacial score (nSPS) is 10.4. The van der Waals surface area contributed by atoms with Crippen LogP contribution in [-0.4, -0.2) is 22.0 Å². The first-order valence-electron chi connectivity index (χ1n) is 8.41. The monoisotopic (exact) mass is 361 g/mol. The van der Waals surface area contributed by atoms with Crippen LogP contribution in [0.1, 0.15) is 37.4 Å². The molecule has 0 spiro atoms. The molecule has 0 fully saturated rings. The summed E-state index contributed by atoms with van der Waals surface area (Å²) in [6, 6.07) is 16.6. The van der Waals surface area contributed by atoms with Gasteiger partial charge in [0.05, 0.1) is 16.8 Å². The van der Waals surface area contributed by atoms with Crippen LogP contribution in [0.15, 0.2) is 60.7 Å². The van der Waals surface area contributed by atoms with Gasteiger partial charge < -0.3 is 15.5 Å². The number of ketones is 1. The molecule has 136 valence electrons. The average molecular weight is 361 g/mol. The summed E-state index contributed by atoms with van der Waals surface area (Å²) in [6.45, 7) is 3.94. The number of benzene rings is 3. The van der Waals surface area contributed by atoms with E-state index in [-0.39, 0.29) is 22.4 Å². The maximum absolute atomic E-state index is 12.9. The Morgan fingerprint density at radius 1 is 0.815 bits per heavy atom. The quantitative estimate of drug-likeness (QED) is 0.454. The number of phenols is 1. The van der Waals surface area contributed by atoms with Gasteiger partial charge in [-0.05, 0) is 43.7 Å². The third-order valence-electron chi connectivity index (χ3n) is 4.33. The molecular formula is C22H19NO4. The van der Waals surface area contributed by atoms with Gasteiger partial charge >= 0.3 is 5.97 Å². The van der Waals surface area contributed by atoms with Gasteiger partial charge in [-0.3, -0.25) is 4.79 Å². The number of para-hydroxylation sites is 1. The minimum absolute atomic E-state index is 0.0315. The van der Waals surface area contributed by atoms with Crippen molar-refractivity contribution in [3.05, 3.63) is 88.5 Å². The van der Waals surface area contributed by atoms with Crippen LogP contribution in [-0.2, 0) is 0 Å². The zero-order chi connectivity index (χ0) is 19.6. The highest BCUT2D eigenvalue weighted by Crippen LogP contribution is 2.33. The number of rotatable bonds is 5. The Morgan fingerprint density at radius 2 is 1.48 bits per heavy atom. The van der Waals surface area contributed by atoms with E-state index in [4.69, 9.17) is 0 Å². The van der Waals surface area contributed by atoms with Gasteiger partial charge in [-0.15, -0.1) is 0 Å². The molecule has 3 aromatic rings. The standard InChI is InChI=1S/C22H19NO4/c1-13-10-11-18(14(2)12-13)23-19-9-5-8-17(21(19)25)20(24)15-6-3-4-7-16(15)22(26)27/h3-12,23,25H,1-2H3,(H,26,27). The molecule has 5 nitrogen and oxygen atoms in total. The number of aryl methyl sites for hydroxylation is 2. The van der Waals surface area contributed by atoms with Gasteiger partial charge in [0.15, 0.2) is 5.78 Å². The smallest absolute Gasteiger partial charge is 0.336 e.